The van der Waals surface area contributed by atoms with Gasteiger partial charge in [0.15, 0.2) is 0 Å². The third kappa shape index (κ3) is 2.46. The van der Waals surface area contributed by atoms with E-state index in [1.807, 2.05) is 18.2 Å². The Balaban J connectivity index is 1.83. The van der Waals surface area contributed by atoms with Gasteiger partial charge in [-0.1, -0.05) is 36.4 Å². The van der Waals surface area contributed by atoms with E-state index in [2.05, 4.69) is 17.5 Å². The number of nitrogens with one attached hydrogen (secondary N) is 1. The van der Waals surface area contributed by atoms with Gasteiger partial charge in [0.25, 0.3) is 11.6 Å². The van der Waals surface area contributed by atoms with E-state index in [0.29, 0.717) is 5.56 Å². The van der Waals surface area contributed by atoms with Crippen LogP contribution in [0.15, 0.2) is 54.6 Å². The van der Waals surface area contributed by atoms with Gasteiger partial charge < -0.3 is 11.1 Å². The number of anilines is 1. The predicted molar refractivity (Wildman–Crippen MR) is 94.4 cm³/mol. The number of para-hydroxylation sites is 1. The van der Waals surface area contributed by atoms with Gasteiger partial charge in [-0.05, 0) is 29.5 Å². The number of hydrogen-bond acceptors (Lipinski definition) is 4. The van der Waals surface area contributed by atoms with Crippen molar-refractivity contribution < 1.29 is 9.72 Å². The number of nitrogens with two attached hydrogens (primary N) is 1. The molecule has 0 spiro atoms. The van der Waals surface area contributed by atoms with E-state index < -0.39 is 5.91 Å². The van der Waals surface area contributed by atoms with Crippen molar-refractivity contribution in [3.63, 3.8) is 0 Å². The SMILES string of the molecule is NC(=O)c1cccc2c1N[C@H](c1cccc([N+](=O)[O-])c1)[C@H]1CC=C[C@H]21. The summed E-state index contributed by atoms with van der Waals surface area (Å²) < 4.78 is 0. The highest BCUT2D eigenvalue weighted by molar-refractivity contribution is 5.99. The molecule has 126 valence electrons. The summed E-state index contributed by atoms with van der Waals surface area (Å²) in [7, 11) is 0. The molecule has 3 N–H and O–H groups in total. The largest absolute Gasteiger partial charge is 0.377 e. The number of carbonyl (C=O) groups is 1. The molecule has 1 aliphatic carbocycles. The van der Waals surface area contributed by atoms with Crippen molar-refractivity contribution in [2.75, 3.05) is 5.32 Å². The van der Waals surface area contributed by atoms with Crippen molar-refractivity contribution >= 4 is 17.3 Å². The van der Waals surface area contributed by atoms with E-state index >= 15 is 0 Å². The second-order valence-electron chi connectivity index (χ2n) is 6.46. The third-order valence-corrected chi connectivity index (χ3v) is 5.10. The Bertz CT molecular complexity index is 907. The molecule has 0 saturated carbocycles. The van der Waals surface area contributed by atoms with Gasteiger partial charge in [0.05, 0.1) is 22.2 Å². The average molecular weight is 335 g/mol. The molecule has 0 radical (unpaired) electrons. The molecule has 0 fully saturated rings. The van der Waals surface area contributed by atoms with Crippen LogP contribution in [0.4, 0.5) is 11.4 Å². The first-order valence-corrected chi connectivity index (χ1v) is 8.16. The van der Waals surface area contributed by atoms with Gasteiger partial charge in [0.2, 0.25) is 0 Å². The highest BCUT2D eigenvalue weighted by Crippen LogP contribution is 2.50. The summed E-state index contributed by atoms with van der Waals surface area (Å²) in [4.78, 5) is 22.6. The Morgan fingerprint density at radius 3 is 2.80 bits per heavy atom. The number of fused-ring (bicyclic) bond motifs is 3. The number of allylic oxidation sites excluding steroid dienone is 2. The molecule has 4 rings (SSSR count). The maximum Gasteiger partial charge on any atom is 0.269 e. The number of rotatable bonds is 3. The fourth-order valence-electron chi connectivity index (χ4n) is 3.99. The van der Waals surface area contributed by atoms with Crippen molar-refractivity contribution in [2.45, 2.75) is 18.4 Å². The van der Waals surface area contributed by atoms with Crippen LogP contribution in [0.5, 0.6) is 0 Å². The van der Waals surface area contributed by atoms with Crippen molar-refractivity contribution in [2.24, 2.45) is 11.7 Å². The lowest BCUT2D eigenvalue weighted by Gasteiger charge is -2.38. The highest BCUT2D eigenvalue weighted by Gasteiger charge is 2.39. The summed E-state index contributed by atoms with van der Waals surface area (Å²) in [6.45, 7) is 0. The van der Waals surface area contributed by atoms with Crippen molar-refractivity contribution in [1.82, 2.24) is 0 Å². The van der Waals surface area contributed by atoms with Gasteiger partial charge in [-0.3, -0.25) is 14.9 Å². The number of benzene rings is 2. The number of hydrogen-bond donors (Lipinski definition) is 2. The van der Waals surface area contributed by atoms with E-state index in [4.69, 9.17) is 5.73 Å². The third-order valence-electron chi connectivity index (χ3n) is 5.10. The maximum atomic E-state index is 11.8. The molecule has 1 heterocycles. The summed E-state index contributed by atoms with van der Waals surface area (Å²) in [5.41, 5.74) is 8.69. The molecule has 0 aromatic heterocycles. The number of non-ortho nitro benzene ring substituents is 1. The fourth-order valence-corrected chi connectivity index (χ4v) is 3.99. The van der Waals surface area contributed by atoms with Crippen LogP contribution in [0.3, 0.4) is 0 Å². The van der Waals surface area contributed by atoms with E-state index in [-0.39, 0.29) is 28.5 Å². The first kappa shape index (κ1) is 15.4. The van der Waals surface area contributed by atoms with E-state index in [1.54, 1.807) is 18.2 Å². The van der Waals surface area contributed by atoms with Gasteiger partial charge in [0, 0.05) is 18.1 Å². The van der Waals surface area contributed by atoms with E-state index in [0.717, 1.165) is 23.2 Å². The quantitative estimate of drug-likeness (QED) is 0.509. The van der Waals surface area contributed by atoms with Crippen LogP contribution in [0, 0.1) is 16.0 Å². The molecule has 1 amide bonds. The lowest BCUT2D eigenvalue weighted by molar-refractivity contribution is -0.384. The number of nitro groups is 1. The van der Waals surface area contributed by atoms with Gasteiger partial charge in [0.1, 0.15) is 0 Å². The van der Waals surface area contributed by atoms with Crippen molar-refractivity contribution in [3.8, 4) is 0 Å². The normalized spacial score (nSPS) is 23.4. The number of nitro benzene ring substituents is 1. The zero-order chi connectivity index (χ0) is 17.6. The van der Waals surface area contributed by atoms with Crippen LogP contribution in [0.1, 0.15) is 39.9 Å². The molecule has 6 heteroatoms. The zero-order valence-corrected chi connectivity index (χ0v) is 13.4. The fraction of sp³-hybridized carbons (Fsp3) is 0.211. The van der Waals surface area contributed by atoms with Gasteiger partial charge in [-0.15, -0.1) is 0 Å². The summed E-state index contributed by atoms with van der Waals surface area (Å²) >= 11 is 0. The monoisotopic (exact) mass is 335 g/mol. The Kier molecular flexibility index (Phi) is 3.53. The molecule has 2 aromatic rings. The molecule has 2 aromatic carbocycles. The van der Waals surface area contributed by atoms with Crippen molar-refractivity contribution in [3.05, 3.63) is 81.4 Å². The highest BCUT2D eigenvalue weighted by atomic mass is 16.6. The van der Waals surface area contributed by atoms with E-state index in [9.17, 15) is 14.9 Å². The lowest BCUT2D eigenvalue weighted by atomic mass is 9.76. The standard InChI is InChI=1S/C19H17N3O3/c20-19(23)16-9-3-8-15-13-6-2-7-14(13)17(21-18(15)16)11-4-1-5-12(10-11)22(24)25/h1-6,8-10,13-14,17,21H,7H2,(H2,20,23)/t13-,14-,17+/m0/s1. The zero-order valence-electron chi connectivity index (χ0n) is 13.4. The minimum atomic E-state index is -0.484. The Hall–Kier alpha value is -3.15. The number of nitrogens with zero attached hydrogens (tertiary/aromatic N) is 1. The van der Waals surface area contributed by atoms with Crippen LogP contribution in [0.25, 0.3) is 0 Å². The molecule has 0 unspecified atom stereocenters. The van der Waals surface area contributed by atoms with Gasteiger partial charge >= 0.3 is 0 Å². The van der Waals surface area contributed by atoms with Crippen molar-refractivity contribution in [1.29, 1.82) is 0 Å². The Labute approximate surface area is 144 Å². The van der Waals surface area contributed by atoms with Crippen LogP contribution in [0.2, 0.25) is 0 Å². The number of amides is 1. The molecular weight excluding hydrogens is 318 g/mol. The average Bonchev–Trinajstić information content (AvgIpc) is 3.10. The van der Waals surface area contributed by atoms with Crippen LogP contribution >= 0.6 is 0 Å². The molecule has 3 atom stereocenters. The predicted octanol–water partition coefficient (Wildman–Crippen LogP) is 3.52. The summed E-state index contributed by atoms with van der Waals surface area (Å²) in [5.74, 6) is -0.0694. The van der Waals surface area contributed by atoms with Gasteiger partial charge in [-0.25, -0.2) is 0 Å². The molecular formula is C19H17N3O3. The summed E-state index contributed by atoms with van der Waals surface area (Å²) in [5, 5.41) is 14.6. The molecule has 2 aliphatic rings. The summed E-state index contributed by atoms with van der Waals surface area (Å²) in [6.07, 6.45) is 5.16. The molecule has 0 bridgehead atoms. The molecule has 0 saturated heterocycles. The number of carbonyl (C=O) groups excluding carboxylic acids is 1. The van der Waals surface area contributed by atoms with Gasteiger partial charge in [-0.2, -0.15) is 0 Å². The van der Waals surface area contributed by atoms with Crippen LogP contribution < -0.4 is 11.1 Å². The smallest absolute Gasteiger partial charge is 0.269 e. The first-order valence-electron chi connectivity index (χ1n) is 8.16. The second-order valence-corrected chi connectivity index (χ2v) is 6.46. The number of primary amides is 1. The maximum absolute atomic E-state index is 11.8. The minimum absolute atomic E-state index is 0.0655. The van der Waals surface area contributed by atoms with Crippen LogP contribution in [-0.2, 0) is 0 Å². The topological polar surface area (TPSA) is 98.3 Å². The van der Waals surface area contributed by atoms with Crippen LogP contribution in [-0.4, -0.2) is 10.8 Å². The Morgan fingerprint density at radius 2 is 2.04 bits per heavy atom. The summed E-state index contributed by atoms with van der Waals surface area (Å²) in [6, 6.07) is 12.1. The molecule has 25 heavy (non-hydrogen) atoms. The minimum Gasteiger partial charge on any atom is -0.377 e. The molecule has 1 aliphatic heterocycles. The first-order chi connectivity index (χ1) is 12.1. The second kappa shape index (κ2) is 5.73. The Morgan fingerprint density at radius 1 is 1.24 bits per heavy atom. The lowest BCUT2D eigenvalue weighted by Crippen LogP contribution is -2.31. The van der Waals surface area contributed by atoms with E-state index in [1.165, 1.54) is 6.07 Å². The molecule has 6 nitrogen and oxygen atoms in total.